The highest BCUT2D eigenvalue weighted by atomic mass is 16.6. The van der Waals surface area contributed by atoms with Crippen molar-refractivity contribution in [1.29, 1.82) is 0 Å². The lowest BCUT2D eigenvalue weighted by Crippen LogP contribution is -2.12. The molecule has 1 aromatic carbocycles. The Kier molecular flexibility index (Phi) is 4.33. The summed E-state index contributed by atoms with van der Waals surface area (Å²) in [6.07, 6.45) is 2.70. The smallest absolute Gasteiger partial charge is 0.310 e. The lowest BCUT2D eigenvalue weighted by atomic mass is 10.3. The van der Waals surface area contributed by atoms with E-state index in [2.05, 4.69) is 10.3 Å². The van der Waals surface area contributed by atoms with Crippen LogP contribution in [-0.4, -0.2) is 23.1 Å². The van der Waals surface area contributed by atoms with Gasteiger partial charge in [-0.15, -0.1) is 0 Å². The van der Waals surface area contributed by atoms with E-state index in [1.54, 1.807) is 30.3 Å². The number of nitrogens with zero attached hydrogens (tertiary/aromatic N) is 2. The first-order valence-corrected chi connectivity index (χ1v) is 5.97. The van der Waals surface area contributed by atoms with E-state index in [4.69, 9.17) is 10.5 Å². The molecule has 2 aromatic rings. The normalized spacial score (nSPS) is 10.0. The quantitative estimate of drug-likeness (QED) is 0.361. The first kappa shape index (κ1) is 13.6. The largest absolute Gasteiger partial charge is 0.492 e. The second-order valence-electron chi connectivity index (χ2n) is 4.00. The fourth-order valence-corrected chi connectivity index (χ4v) is 1.64. The van der Waals surface area contributed by atoms with Gasteiger partial charge in [-0.2, -0.15) is 0 Å². The molecule has 0 amide bonds. The van der Waals surface area contributed by atoms with Crippen molar-refractivity contribution >= 4 is 17.1 Å². The highest BCUT2D eigenvalue weighted by Crippen LogP contribution is 2.21. The molecule has 7 nitrogen and oxygen atoms in total. The third-order valence-corrected chi connectivity index (χ3v) is 2.54. The third-order valence-electron chi connectivity index (χ3n) is 2.54. The van der Waals surface area contributed by atoms with Crippen molar-refractivity contribution in [3.05, 3.63) is 52.8 Å². The molecule has 0 aliphatic rings. The van der Waals surface area contributed by atoms with E-state index in [0.29, 0.717) is 30.3 Å². The van der Waals surface area contributed by atoms with Crippen LogP contribution in [0.15, 0.2) is 42.7 Å². The lowest BCUT2D eigenvalue weighted by molar-refractivity contribution is -0.384. The van der Waals surface area contributed by atoms with Crippen LogP contribution in [0.25, 0.3) is 0 Å². The summed E-state index contributed by atoms with van der Waals surface area (Å²) in [5, 5.41) is 13.7. The number of anilines is 2. The van der Waals surface area contributed by atoms with Crippen LogP contribution in [-0.2, 0) is 0 Å². The number of pyridine rings is 1. The summed E-state index contributed by atoms with van der Waals surface area (Å²) >= 11 is 0. The zero-order valence-corrected chi connectivity index (χ0v) is 10.7. The molecule has 0 unspecified atom stereocenters. The summed E-state index contributed by atoms with van der Waals surface area (Å²) in [6.45, 7) is 0.794. The second kappa shape index (κ2) is 6.37. The predicted molar refractivity (Wildman–Crippen MR) is 75.7 cm³/mol. The summed E-state index contributed by atoms with van der Waals surface area (Å²) in [5.74, 6) is 0.663. The molecule has 0 atom stereocenters. The fraction of sp³-hybridized carbons (Fsp3) is 0.154. The van der Waals surface area contributed by atoms with Crippen LogP contribution in [0.2, 0.25) is 0 Å². The van der Waals surface area contributed by atoms with Crippen molar-refractivity contribution in [2.24, 2.45) is 0 Å². The van der Waals surface area contributed by atoms with Crippen LogP contribution in [0.3, 0.4) is 0 Å². The van der Waals surface area contributed by atoms with Gasteiger partial charge in [-0.25, -0.2) is 0 Å². The van der Waals surface area contributed by atoms with Crippen LogP contribution in [0.5, 0.6) is 5.75 Å². The number of nitro groups is 1. The number of hydrogen-bond acceptors (Lipinski definition) is 6. The molecule has 2 rings (SSSR count). The van der Waals surface area contributed by atoms with Crippen molar-refractivity contribution in [3.8, 4) is 5.75 Å². The monoisotopic (exact) mass is 274 g/mol. The van der Waals surface area contributed by atoms with Gasteiger partial charge in [0.05, 0.1) is 4.92 Å². The van der Waals surface area contributed by atoms with Gasteiger partial charge >= 0.3 is 5.69 Å². The molecule has 20 heavy (non-hydrogen) atoms. The van der Waals surface area contributed by atoms with Crippen molar-refractivity contribution < 1.29 is 9.66 Å². The zero-order valence-electron chi connectivity index (χ0n) is 10.7. The molecule has 0 aliphatic carbocycles. The number of benzene rings is 1. The number of hydrogen-bond donors (Lipinski definition) is 2. The first-order chi connectivity index (χ1) is 9.66. The summed E-state index contributed by atoms with van der Waals surface area (Å²) in [6, 6.07) is 8.63. The van der Waals surface area contributed by atoms with Crippen LogP contribution in [0.4, 0.5) is 17.1 Å². The van der Waals surface area contributed by atoms with Gasteiger partial charge in [0.25, 0.3) is 0 Å². The minimum atomic E-state index is -0.478. The van der Waals surface area contributed by atoms with Crippen LogP contribution >= 0.6 is 0 Å². The van der Waals surface area contributed by atoms with Gasteiger partial charge < -0.3 is 15.8 Å². The van der Waals surface area contributed by atoms with Crippen molar-refractivity contribution in [2.75, 3.05) is 24.2 Å². The van der Waals surface area contributed by atoms with E-state index in [9.17, 15) is 10.1 Å². The zero-order chi connectivity index (χ0) is 14.4. The summed E-state index contributed by atoms with van der Waals surface area (Å²) in [5.41, 5.74) is 6.61. The van der Waals surface area contributed by atoms with Gasteiger partial charge in [-0.3, -0.25) is 15.1 Å². The summed E-state index contributed by atoms with van der Waals surface area (Å²) in [4.78, 5) is 14.0. The molecule has 0 saturated carbocycles. The maximum atomic E-state index is 10.8. The van der Waals surface area contributed by atoms with Crippen LogP contribution in [0, 0.1) is 10.1 Å². The molecule has 0 radical (unpaired) electrons. The standard InChI is InChI=1S/C13H14N4O3/c14-10-2-1-3-11(8-10)20-7-6-16-12-4-5-15-9-13(12)17(18)19/h1-5,8-9H,6-7,14H2,(H,15,16). The Labute approximate surface area is 115 Å². The lowest BCUT2D eigenvalue weighted by Gasteiger charge is -2.09. The van der Waals surface area contributed by atoms with Crippen molar-refractivity contribution in [3.63, 3.8) is 0 Å². The molecule has 1 aromatic heterocycles. The van der Waals surface area contributed by atoms with E-state index in [-0.39, 0.29) is 5.69 Å². The van der Waals surface area contributed by atoms with Crippen LogP contribution < -0.4 is 15.8 Å². The highest BCUT2D eigenvalue weighted by molar-refractivity contribution is 5.59. The molecular formula is C13H14N4O3. The molecule has 104 valence electrons. The molecular weight excluding hydrogens is 260 g/mol. The van der Waals surface area contributed by atoms with E-state index < -0.39 is 4.92 Å². The van der Waals surface area contributed by atoms with E-state index in [1.165, 1.54) is 12.4 Å². The predicted octanol–water partition coefficient (Wildman–Crippen LogP) is 2.06. The van der Waals surface area contributed by atoms with Gasteiger partial charge in [0.15, 0.2) is 0 Å². The average Bonchev–Trinajstić information content (AvgIpc) is 2.44. The van der Waals surface area contributed by atoms with Gasteiger partial charge in [0, 0.05) is 24.5 Å². The maximum Gasteiger partial charge on any atom is 0.310 e. The van der Waals surface area contributed by atoms with Crippen molar-refractivity contribution in [2.45, 2.75) is 0 Å². The molecule has 0 saturated heterocycles. The Morgan fingerprint density at radius 3 is 3.00 bits per heavy atom. The Morgan fingerprint density at radius 2 is 2.25 bits per heavy atom. The van der Waals surface area contributed by atoms with E-state index in [0.717, 1.165) is 0 Å². The minimum absolute atomic E-state index is 0.0588. The second-order valence-corrected chi connectivity index (χ2v) is 4.00. The topological polar surface area (TPSA) is 103 Å². The summed E-state index contributed by atoms with van der Waals surface area (Å²) < 4.78 is 5.48. The molecule has 0 spiro atoms. The average molecular weight is 274 g/mol. The number of nitrogens with one attached hydrogen (secondary N) is 1. The van der Waals surface area contributed by atoms with Crippen LogP contribution in [0.1, 0.15) is 0 Å². The minimum Gasteiger partial charge on any atom is -0.492 e. The third kappa shape index (κ3) is 3.58. The van der Waals surface area contributed by atoms with Gasteiger partial charge in [0.2, 0.25) is 0 Å². The molecule has 0 aliphatic heterocycles. The Hall–Kier alpha value is -2.83. The number of ether oxygens (including phenoxy) is 1. The molecule has 1 heterocycles. The maximum absolute atomic E-state index is 10.8. The number of nitrogens with two attached hydrogens (primary N) is 1. The number of aromatic nitrogens is 1. The Morgan fingerprint density at radius 1 is 1.40 bits per heavy atom. The molecule has 0 fully saturated rings. The SMILES string of the molecule is Nc1cccc(OCCNc2ccncc2[N+](=O)[O-])c1. The van der Waals surface area contributed by atoms with Gasteiger partial charge in [-0.05, 0) is 18.2 Å². The molecule has 7 heteroatoms. The van der Waals surface area contributed by atoms with Gasteiger partial charge in [-0.1, -0.05) is 6.07 Å². The summed E-state index contributed by atoms with van der Waals surface area (Å²) in [7, 11) is 0. The van der Waals surface area contributed by atoms with Crippen molar-refractivity contribution in [1.82, 2.24) is 4.98 Å². The highest BCUT2D eigenvalue weighted by Gasteiger charge is 2.12. The number of rotatable bonds is 6. The van der Waals surface area contributed by atoms with E-state index >= 15 is 0 Å². The Bertz CT molecular complexity index is 604. The number of nitrogen functional groups attached to an aromatic ring is 1. The fourth-order valence-electron chi connectivity index (χ4n) is 1.64. The first-order valence-electron chi connectivity index (χ1n) is 5.97. The van der Waals surface area contributed by atoms with E-state index in [1.807, 2.05) is 0 Å². The molecule has 0 bridgehead atoms. The Balaban J connectivity index is 1.86. The molecule has 3 N–H and O–H groups in total. The van der Waals surface area contributed by atoms with Gasteiger partial charge in [0.1, 0.15) is 24.2 Å².